The topological polar surface area (TPSA) is 84.0 Å². The number of amides is 1. The van der Waals surface area contributed by atoms with Gasteiger partial charge in [0.1, 0.15) is 0 Å². The number of likely N-dealkylation sites (N-methyl/N-ethyl adjacent to an activating group) is 1. The first-order valence-electron chi connectivity index (χ1n) is 9.81. The van der Waals surface area contributed by atoms with E-state index < -0.39 is 0 Å². The molecule has 9 heteroatoms. The number of rotatable bonds is 10. The number of benzene rings is 2. The molecule has 0 radical (unpaired) electrons. The maximum atomic E-state index is 11.6. The molecular formula is C22H30ClIN4O3. The minimum Gasteiger partial charge on any atom is -0.493 e. The number of carbonyl (C=O) groups is 1. The van der Waals surface area contributed by atoms with Gasteiger partial charge in [0.2, 0.25) is 0 Å². The molecule has 0 aliphatic carbocycles. The second-order valence-corrected chi connectivity index (χ2v) is 6.83. The molecule has 170 valence electrons. The summed E-state index contributed by atoms with van der Waals surface area (Å²) in [5.74, 6) is 1.62. The third-order valence-electron chi connectivity index (χ3n) is 4.29. The quantitative estimate of drug-likeness (QED) is 0.236. The van der Waals surface area contributed by atoms with Crippen LogP contribution in [0.1, 0.15) is 18.1 Å². The number of halogens is 2. The Morgan fingerprint density at radius 1 is 1.10 bits per heavy atom. The molecule has 2 aromatic rings. The van der Waals surface area contributed by atoms with Crippen LogP contribution in [-0.2, 0) is 17.8 Å². The Kier molecular flexibility index (Phi) is 12.8. The Hall–Kier alpha value is -2.20. The summed E-state index contributed by atoms with van der Waals surface area (Å²) in [4.78, 5) is 15.8. The van der Waals surface area contributed by atoms with Crippen LogP contribution in [0.4, 0.5) is 0 Å². The van der Waals surface area contributed by atoms with Gasteiger partial charge in [-0.05, 0) is 42.7 Å². The summed E-state index contributed by atoms with van der Waals surface area (Å²) in [6.07, 6.45) is 0.797. The van der Waals surface area contributed by atoms with Crippen LogP contribution in [0.5, 0.6) is 11.5 Å². The maximum absolute atomic E-state index is 11.6. The van der Waals surface area contributed by atoms with Gasteiger partial charge in [0.05, 0.1) is 7.11 Å². The maximum Gasteiger partial charge on any atom is 0.257 e. The van der Waals surface area contributed by atoms with Gasteiger partial charge in [-0.2, -0.15) is 0 Å². The van der Waals surface area contributed by atoms with E-state index in [-0.39, 0.29) is 36.5 Å². The van der Waals surface area contributed by atoms with Crippen LogP contribution < -0.4 is 25.4 Å². The Bertz CT molecular complexity index is 864. The van der Waals surface area contributed by atoms with Crippen molar-refractivity contribution in [1.82, 2.24) is 16.0 Å². The minimum atomic E-state index is -0.169. The molecule has 0 aliphatic heterocycles. The second kappa shape index (κ2) is 14.7. The molecular weight excluding hydrogens is 531 g/mol. The van der Waals surface area contributed by atoms with E-state index in [9.17, 15) is 4.79 Å². The number of hydrogen-bond donors (Lipinski definition) is 3. The fourth-order valence-corrected chi connectivity index (χ4v) is 2.99. The zero-order valence-corrected chi connectivity index (χ0v) is 21.1. The molecule has 0 heterocycles. The molecule has 0 aliphatic rings. The van der Waals surface area contributed by atoms with Gasteiger partial charge < -0.3 is 25.4 Å². The summed E-state index contributed by atoms with van der Waals surface area (Å²) in [6.45, 7) is 3.64. The highest BCUT2D eigenvalue weighted by molar-refractivity contribution is 14.0. The van der Waals surface area contributed by atoms with Crippen LogP contribution >= 0.6 is 35.6 Å². The molecule has 31 heavy (non-hydrogen) atoms. The van der Waals surface area contributed by atoms with Crippen molar-refractivity contribution in [3.8, 4) is 11.5 Å². The molecule has 1 amide bonds. The SMILES string of the molecule is CCNC(=O)COc1ccc(CNC(=NC)NCCc2ccccc2Cl)cc1OC.I. The highest BCUT2D eigenvalue weighted by atomic mass is 127. The molecule has 0 aromatic heterocycles. The molecule has 2 aromatic carbocycles. The van der Waals surface area contributed by atoms with Crippen LogP contribution in [-0.4, -0.2) is 45.7 Å². The van der Waals surface area contributed by atoms with Crippen molar-refractivity contribution >= 4 is 47.4 Å². The van der Waals surface area contributed by atoms with Crippen LogP contribution in [0.25, 0.3) is 0 Å². The van der Waals surface area contributed by atoms with Gasteiger partial charge in [-0.3, -0.25) is 9.79 Å². The van der Waals surface area contributed by atoms with Crippen molar-refractivity contribution in [2.45, 2.75) is 19.9 Å². The van der Waals surface area contributed by atoms with Crippen molar-refractivity contribution in [2.75, 3.05) is 33.9 Å². The Labute approximate surface area is 206 Å². The highest BCUT2D eigenvalue weighted by Gasteiger charge is 2.09. The molecule has 2 rings (SSSR count). The second-order valence-electron chi connectivity index (χ2n) is 6.42. The first-order chi connectivity index (χ1) is 14.6. The number of methoxy groups -OCH3 is 1. The van der Waals surface area contributed by atoms with Crippen LogP contribution in [0.2, 0.25) is 5.02 Å². The molecule has 3 N–H and O–H groups in total. The number of aliphatic imine (C=N–C) groups is 1. The van der Waals surface area contributed by atoms with E-state index in [0.717, 1.165) is 22.6 Å². The van der Waals surface area contributed by atoms with Crippen molar-refractivity contribution in [2.24, 2.45) is 4.99 Å². The first kappa shape index (κ1) is 26.8. The summed E-state index contributed by atoms with van der Waals surface area (Å²) in [5.41, 5.74) is 2.08. The number of ether oxygens (including phenoxy) is 2. The molecule has 7 nitrogen and oxygen atoms in total. The summed E-state index contributed by atoms with van der Waals surface area (Å²) < 4.78 is 10.9. The Morgan fingerprint density at radius 2 is 1.87 bits per heavy atom. The standard InChI is InChI=1S/C22H29ClN4O3.HI/c1-4-25-21(28)15-30-19-10-9-16(13-20(19)29-3)14-27-22(24-2)26-12-11-17-7-5-6-8-18(17)23;/h5-10,13H,4,11-12,14-15H2,1-3H3,(H,25,28)(H2,24,26,27);1H. The zero-order chi connectivity index (χ0) is 21.8. The number of nitrogens with one attached hydrogen (secondary N) is 3. The minimum absolute atomic E-state index is 0. The first-order valence-corrected chi connectivity index (χ1v) is 10.2. The molecule has 0 unspecified atom stereocenters. The van der Waals surface area contributed by atoms with Gasteiger partial charge in [0.15, 0.2) is 24.1 Å². The van der Waals surface area contributed by atoms with Crippen molar-refractivity contribution in [3.05, 3.63) is 58.6 Å². The normalized spacial score (nSPS) is 10.6. The third kappa shape index (κ3) is 9.22. The summed E-state index contributed by atoms with van der Waals surface area (Å²) >= 11 is 6.19. The number of nitrogens with zero attached hydrogens (tertiary/aromatic N) is 1. The largest absolute Gasteiger partial charge is 0.493 e. The molecule has 0 saturated heterocycles. The van der Waals surface area contributed by atoms with E-state index >= 15 is 0 Å². The smallest absolute Gasteiger partial charge is 0.257 e. The summed E-state index contributed by atoms with van der Waals surface area (Å²) in [7, 11) is 3.30. The lowest BCUT2D eigenvalue weighted by molar-refractivity contribution is -0.123. The molecule has 0 fully saturated rings. The summed E-state index contributed by atoms with van der Waals surface area (Å²) in [5, 5.41) is 10.0. The van der Waals surface area contributed by atoms with Crippen LogP contribution in [0, 0.1) is 0 Å². The van der Waals surface area contributed by atoms with Crippen molar-refractivity contribution in [3.63, 3.8) is 0 Å². The van der Waals surface area contributed by atoms with Gasteiger partial charge in [0.25, 0.3) is 5.91 Å². The summed E-state index contributed by atoms with van der Waals surface area (Å²) in [6, 6.07) is 13.4. The van der Waals surface area contributed by atoms with E-state index in [0.29, 0.717) is 37.1 Å². The van der Waals surface area contributed by atoms with Gasteiger partial charge in [-0.25, -0.2) is 0 Å². The number of guanidine groups is 1. The molecule has 0 spiro atoms. The van der Waals surface area contributed by atoms with E-state index in [1.54, 1.807) is 20.2 Å². The highest BCUT2D eigenvalue weighted by Crippen LogP contribution is 2.28. The monoisotopic (exact) mass is 560 g/mol. The van der Waals surface area contributed by atoms with E-state index in [1.165, 1.54) is 0 Å². The van der Waals surface area contributed by atoms with Crippen LogP contribution in [0.15, 0.2) is 47.5 Å². The van der Waals surface area contributed by atoms with Gasteiger partial charge >= 0.3 is 0 Å². The molecule has 0 bridgehead atoms. The predicted octanol–water partition coefficient (Wildman–Crippen LogP) is 3.39. The van der Waals surface area contributed by atoms with E-state index in [2.05, 4.69) is 20.9 Å². The average molecular weight is 561 g/mol. The lowest BCUT2D eigenvalue weighted by atomic mass is 10.1. The third-order valence-corrected chi connectivity index (χ3v) is 4.66. The lowest BCUT2D eigenvalue weighted by Gasteiger charge is -2.14. The fraction of sp³-hybridized carbons (Fsp3) is 0.364. The van der Waals surface area contributed by atoms with Gasteiger partial charge in [0, 0.05) is 31.7 Å². The number of carbonyl (C=O) groups excluding carboxylic acids is 1. The Morgan fingerprint density at radius 3 is 2.55 bits per heavy atom. The van der Waals surface area contributed by atoms with Gasteiger partial charge in [-0.15, -0.1) is 24.0 Å². The van der Waals surface area contributed by atoms with E-state index in [1.807, 2.05) is 43.3 Å². The molecule has 0 saturated carbocycles. The average Bonchev–Trinajstić information content (AvgIpc) is 2.76. The number of hydrogen-bond acceptors (Lipinski definition) is 4. The van der Waals surface area contributed by atoms with Crippen molar-refractivity contribution < 1.29 is 14.3 Å². The van der Waals surface area contributed by atoms with E-state index in [4.69, 9.17) is 21.1 Å². The fourth-order valence-electron chi connectivity index (χ4n) is 2.76. The zero-order valence-electron chi connectivity index (χ0n) is 18.0. The van der Waals surface area contributed by atoms with Crippen molar-refractivity contribution in [1.29, 1.82) is 0 Å². The van der Waals surface area contributed by atoms with Gasteiger partial charge in [-0.1, -0.05) is 35.9 Å². The lowest BCUT2D eigenvalue weighted by Crippen LogP contribution is -2.37. The van der Waals surface area contributed by atoms with Crippen LogP contribution in [0.3, 0.4) is 0 Å². The Balaban J connectivity index is 0.00000480. The predicted molar refractivity (Wildman–Crippen MR) is 136 cm³/mol. The molecule has 0 atom stereocenters.